The molecule has 2 aromatic carbocycles. The van der Waals surface area contributed by atoms with Crippen LogP contribution in [0, 0.1) is 6.92 Å². The molecule has 9 heteroatoms. The van der Waals surface area contributed by atoms with Gasteiger partial charge in [-0.05, 0) is 50.1 Å². The Morgan fingerprint density at radius 2 is 1.90 bits per heavy atom. The average Bonchev–Trinajstić information content (AvgIpc) is 3.37. The van der Waals surface area contributed by atoms with Gasteiger partial charge in [-0.2, -0.15) is 4.31 Å². The van der Waals surface area contributed by atoms with Crippen LogP contribution in [-0.2, 0) is 14.8 Å². The van der Waals surface area contributed by atoms with Crippen LogP contribution in [0.4, 0.5) is 5.13 Å². The Morgan fingerprint density at radius 3 is 2.62 bits per heavy atom. The molecule has 2 heterocycles. The number of aromatic nitrogens is 1. The van der Waals surface area contributed by atoms with Crippen molar-refractivity contribution in [2.24, 2.45) is 0 Å². The standard InChI is InChI=1S/C20H21N3O4S2/c1-14-4-6-15(7-5-14)27-13-19(24)22-20-21-17-9-8-16(12-18(17)28-20)29(25,26)23-10-2-3-11-23/h4-9,12H,2-3,10-11,13H2,1H3,(H,21,22,24). The van der Waals surface area contributed by atoms with Gasteiger partial charge in [0.15, 0.2) is 11.7 Å². The van der Waals surface area contributed by atoms with E-state index in [9.17, 15) is 13.2 Å². The summed E-state index contributed by atoms with van der Waals surface area (Å²) >= 11 is 1.24. The molecule has 1 aliphatic heterocycles. The lowest BCUT2D eigenvalue weighted by Crippen LogP contribution is -2.27. The topological polar surface area (TPSA) is 88.6 Å². The van der Waals surface area contributed by atoms with E-state index in [4.69, 9.17) is 4.74 Å². The molecule has 152 valence electrons. The molecule has 0 unspecified atom stereocenters. The van der Waals surface area contributed by atoms with Crippen LogP contribution in [0.25, 0.3) is 10.2 Å². The highest BCUT2D eigenvalue weighted by Gasteiger charge is 2.27. The molecule has 3 aromatic rings. The maximum atomic E-state index is 12.7. The molecule has 0 bridgehead atoms. The number of benzene rings is 2. The SMILES string of the molecule is Cc1ccc(OCC(=O)Nc2nc3ccc(S(=O)(=O)N4CCCC4)cc3s2)cc1. The van der Waals surface area contributed by atoms with E-state index in [1.807, 2.05) is 31.2 Å². The van der Waals surface area contributed by atoms with Crippen LogP contribution in [0.1, 0.15) is 18.4 Å². The first-order valence-electron chi connectivity index (χ1n) is 9.32. The zero-order chi connectivity index (χ0) is 20.4. The molecule has 0 radical (unpaired) electrons. The second-order valence-corrected chi connectivity index (χ2v) is 9.88. The Labute approximate surface area is 173 Å². The largest absolute Gasteiger partial charge is 0.484 e. The monoisotopic (exact) mass is 431 g/mol. The van der Waals surface area contributed by atoms with Gasteiger partial charge in [0, 0.05) is 13.1 Å². The van der Waals surface area contributed by atoms with Crippen molar-refractivity contribution in [2.45, 2.75) is 24.7 Å². The highest BCUT2D eigenvalue weighted by molar-refractivity contribution is 7.89. The average molecular weight is 432 g/mol. The highest BCUT2D eigenvalue weighted by Crippen LogP contribution is 2.30. The Morgan fingerprint density at radius 1 is 1.17 bits per heavy atom. The number of fused-ring (bicyclic) bond motifs is 1. The van der Waals surface area contributed by atoms with E-state index < -0.39 is 10.0 Å². The van der Waals surface area contributed by atoms with Gasteiger partial charge in [-0.25, -0.2) is 13.4 Å². The second-order valence-electron chi connectivity index (χ2n) is 6.91. The van der Waals surface area contributed by atoms with E-state index in [2.05, 4.69) is 10.3 Å². The summed E-state index contributed by atoms with van der Waals surface area (Å²) in [6.07, 6.45) is 1.78. The fourth-order valence-corrected chi connectivity index (χ4v) is 5.67. The molecule has 1 N–H and O–H groups in total. The molecule has 7 nitrogen and oxygen atoms in total. The lowest BCUT2D eigenvalue weighted by molar-refractivity contribution is -0.118. The van der Waals surface area contributed by atoms with E-state index in [-0.39, 0.29) is 17.4 Å². The number of amides is 1. The molecule has 0 aliphatic carbocycles. The van der Waals surface area contributed by atoms with Crippen LogP contribution in [0.3, 0.4) is 0 Å². The number of anilines is 1. The van der Waals surface area contributed by atoms with Gasteiger partial charge in [0.05, 0.1) is 15.1 Å². The normalized spacial score (nSPS) is 14.9. The fourth-order valence-electron chi connectivity index (χ4n) is 3.14. The minimum absolute atomic E-state index is 0.131. The maximum Gasteiger partial charge on any atom is 0.264 e. The van der Waals surface area contributed by atoms with Gasteiger partial charge in [-0.1, -0.05) is 29.0 Å². The van der Waals surface area contributed by atoms with Crippen molar-refractivity contribution in [2.75, 3.05) is 25.0 Å². The lowest BCUT2D eigenvalue weighted by Gasteiger charge is -2.15. The molecule has 1 amide bonds. The quantitative estimate of drug-likeness (QED) is 0.646. The van der Waals surface area contributed by atoms with E-state index >= 15 is 0 Å². The van der Waals surface area contributed by atoms with E-state index in [0.29, 0.717) is 34.2 Å². The molecule has 29 heavy (non-hydrogen) atoms. The zero-order valence-electron chi connectivity index (χ0n) is 15.9. The van der Waals surface area contributed by atoms with Crippen molar-refractivity contribution in [3.8, 4) is 5.75 Å². The molecule has 1 aliphatic rings. The summed E-state index contributed by atoms with van der Waals surface area (Å²) in [4.78, 5) is 16.8. The Hall–Kier alpha value is -2.49. The molecule has 1 aromatic heterocycles. The van der Waals surface area contributed by atoms with Gasteiger partial charge in [-0.15, -0.1) is 0 Å². The van der Waals surface area contributed by atoms with Crippen molar-refractivity contribution in [3.63, 3.8) is 0 Å². The van der Waals surface area contributed by atoms with Gasteiger partial charge >= 0.3 is 0 Å². The summed E-state index contributed by atoms with van der Waals surface area (Å²) in [5, 5.41) is 3.12. The summed E-state index contributed by atoms with van der Waals surface area (Å²) in [5.74, 6) is 0.293. The number of nitrogens with one attached hydrogen (secondary N) is 1. The van der Waals surface area contributed by atoms with Crippen LogP contribution in [0.5, 0.6) is 5.75 Å². The smallest absolute Gasteiger partial charge is 0.264 e. The van der Waals surface area contributed by atoms with Gasteiger partial charge in [-0.3, -0.25) is 10.1 Å². The van der Waals surface area contributed by atoms with Crippen LogP contribution < -0.4 is 10.1 Å². The zero-order valence-corrected chi connectivity index (χ0v) is 17.6. The number of carbonyl (C=O) groups excluding carboxylic acids is 1. The molecular formula is C20H21N3O4S2. The number of aryl methyl sites for hydroxylation is 1. The van der Waals surface area contributed by atoms with Crippen LogP contribution in [0.15, 0.2) is 47.4 Å². The van der Waals surface area contributed by atoms with Crippen molar-refractivity contribution in [1.29, 1.82) is 0 Å². The summed E-state index contributed by atoms with van der Waals surface area (Å²) in [6, 6.07) is 12.3. The molecule has 1 fully saturated rings. The molecule has 0 atom stereocenters. The first-order chi connectivity index (χ1) is 13.9. The second kappa shape index (κ2) is 8.10. The number of nitrogens with zero attached hydrogens (tertiary/aromatic N) is 2. The maximum absolute atomic E-state index is 12.7. The number of ether oxygens (including phenoxy) is 1. The Bertz CT molecular complexity index is 1130. The first kappa shape index (κ1) is 19.8. The number of thiazole rings is 1. The van der Waals surface area contributed by atoms with Crippen molar-refractivity contribution in [1.82, 2.24) is 9.29 Å². The van der Waals surface area contributed by atoms with E-state index in [1.54, 1.807) is 18.2 Å². The van der Waals surface area contributed by atoms with E-state index in [1.165, 1.54) is 15.6 Å². The lowest BCUT2D eigenvalue weighted by atomic mass is 10.2. The summed E-state index contributed by atoms with van der Waals surface area (Å²) < 4.78 is 33.1. The van der Waals surface area contributed by atoms with Crippen molar-refractivity contribution < 1.29 is 17.9 Å². The third-order valence-corrected chi connectivity index (χ3v) is 7.53. The summed E-state index contributed by atoms with van der Waals surface area (Å²) in [7, 11) is -3.48. The third-order valence-electron chi connectivity index (χ3n) is 4.70. The fraction of sp³-hybridized carbons (Fsp3) is 0.300. The van der Waals surface area contributed by atoms with Gasteiger partial charge < -0.3 is 4.74 Å². The molecule has 1 saturated heterocycles. The number of rotatable bonds is 6. The number of hydrogen-bond donors (Lipinski definition) is 1. The van der Waals surface area contributed by atoms with Crippen LogP contribution >= 0.6 is 11.3 Å². The molecule has 0 spiro atoms. The number of hydrogen-bond acceptors (Lipinski definition) is 6. The van der Waals surface area contributed by atoms with Crippen molar-refractivity contribution >= 4 is 42.6 Å². The predicted octanol–water partition coefficient (Wildman–Crippen LogP) is 3.41. The van der Waals surface area contributed by atoms with E-state index in [0.717, 1.165) is 18.4 Å². The number of sulfonamides is 1. The first-order valence-corrected chi connectivity index (χ1v) is 11.6. The minimum Gasteiger partial charge on any atom is -0.484 e. The number of carbonyl (C=O) groups is 1. The minimum atomic E-state index is -3.48. The molecular weight excluding hydrogens is 410 g/mol. The Balaban J connectivity index is 1.44. The third kappa shape index (κ3) is 4.42. The van der Waals surface area contributed by atoms with Crippen molar-refractivity contribution in [3.05, 3.63) is 48.0 Å². The van der Waals surface area contributed by atoms with Gasteiger partial charge in [0.2, 0.25) is 10.0 Å². The Kier molecular flexibility index (Phi) is 5.53. The molecule has 4 rings (SSSR count). The van der Waals surface area contributed by atoms with Gasteiger partial charge in [0.25, 0.3) is 5.91 Å². The molecule has 0 saturated carbocycles. The van der Waals surface area contributed by atoms with Crippen LogP contribution in [-0.4, -0.2) is 43.3 Å². The summed E-state index contributed by atoms with van der Waals surface area (Å²) in [6.45, 7) is 2.97. The predicted molar refractivity (Wildman–Crippen MR) is 113 cm³/mol. The van der Waals surface area contributed by atoms with Crippen LogP contribution in [0.2, 0.25) is 0 Å². The summed E-state index contributed by atoms with van der Waals surface area (Å²) in [5.41, 5.74) is 1.76. The highest BCUT2D eigenvalue weighted by atomic mass is 32.2. The van der Waals surface area contributed by atoms with Gasteiger partial charge in [0.1, 0.15) is 5.75 Å².